The Labute approximate surface area is 183 Å². The van der Waals surface area contributed by atoms with Crippen molar-refractivity contribution in [3.63, 3.8) is 0 Å². The van der Waals surface area contributed by atoms with E-state index in [9.17, 15) is 29.4 Å². The van der Waals surface area contributed by atoms with Crippen LogP contribution in [0.5, 0.6) is 0 Å². The summed E-state index contributed by atoms with van der Waals surface area (Å²) in [6.07, 6.45) is -0.460. The average molecular weight is 407 g/mol. The number of carboxylic acid groups (broad SMARTS) is 1. The summed E-state index contributed by atoms with van der Waals surface area (Å²) in [5.41, 5.74) is 0. The standard InChI is InChI=1S/C16H23N3O6S.Na/c1-16(2)10(15(24)25)19-12(22)8(14(19)26-16)9(20)13(23)18-6-4-5-7(18)11(21)17-3;/h7-10,14,20H,4-6H2,1-3H3,(H,17,21)(H,24,25);/q;+1/p-1/t7-,8+,9-,10-,14+;/m0./s1. The number of nitrogens with zero attached hydrogens (tertiary/aromatic N) is 2. The number of fused-ring (bicyclic) bond motifs is 1. The molecule has 0 aliphatic carbocycles. The van der Waals surface area contributed by atoms with E-state index >= 15 is 0 Å². The molecule has 3 amide bonds. The predicted molar refractivity (Wildman–Crippen MR) is 89.4 cm³/mol. The van der Waals surface area contributed by atoms with Crippen LogP contribution in [0.1, 0.15) is 26.7 Å². The van der Waals surface area contributed by atoms with Gasteiger partial charge in [-0.3, -0.25) is 14.4 Å². The first-order valence-corrected chi connectivity index (χ1v) is 9.40. The van der Waals surface area contributed by atoms with E-state index in [1.165, 1.54) is 28.6 Å². The van der Waals surface area contributed by atoms with E-state index in [1.807, 2.05) is 0 Å². The molecule has 9 nitrogen and oxygen atoms in total. The third-order valence-electron chi connectivity index (χ3n) is 5.38. The van der Waals surface area contributed by atoms with Gasteiger partial charge in [0.05, 0.1) is 17.4 Å². The Balaban J connectivity index is 0.00000261. The van der Waals surface area contributed by atoms with Gasteiger partial charge in [0, 0.05) is 18.3 Å². The third-order valence-corrected chi connectivity index (χ3v) is 6.98. The van der Waals surface area contributed by atoms with Crippen LogP contribution < -0.4 is 40.0 Å². The SMILES string of the molecule is CNC(=O)[C@@H]1CCCN1C(=O)[C@@H](O)[C@@H]1C(=O)N2[C@@H]1SC(C)(C)[C@@H]2C(=O)[O-].[Na+]. The Hall–Kier alpha value is -0.810. The molecular formula is C16H22N3NaO6S. The number of thioether (sulfide) groups is 1. The van der Waals surface area contributed by atoms with E-state index in [0.717, 1.165) is 0 Å². The second-order valence-corrected chi connectivity index (χ2v) is 9.12. The number of amides is 3. The van der Waals surface area contributed by atoms with Gasteiger partial charge in [0.15, 0.2) is 0 Å². The Morgan fingerprint density at radius 1 is 1.37 bits per heavy atom. The van der Waals surface area contributed by atoms with Crippen LogP contribution in [0.25, 0.3) is 0 Å². The molecule has 3 saturated heterocycles. The number of likely N-dealkylation sites (tertiary alicyclic amines) is 1. The summed E-state index contributed by atoms with van der Waals surface area (Å²) in [4.78, 5) is 51.0. The van der Waals surface area contributed by atoms with Gasteiger partial charge in [-0.25, -0.2) is 0 Å². The molecule has 0 bridgehead atoms. The zero-order valence-corrected chi connectivity index (χ0v) is 18.6. The number of aliphatic carboxylic acids is 1. The fraction of sp³-hybridized carbons (Fsp3) is 0.750. The number of likely N-dealkylation sites (N-methyl/N-ethyl adjacent to an activating group) is 1. The number of nitrogens with one attached hydrogen (secondary N) is 1. The number of carbonyl (C=O) groups excluding carboxylic acids is 4. The molecule has 0 aromatic heterocycles. The van der Waals surface area contributed by atoms with E-state index in [0.29, 0.717) is 19.4 Å². The molecule has 5 atom stereocenters. The van der Waals surface area contributed by atoms with Gasteiger partial charge in [0.25, 0.3) is 5.91 Å². The molecule has 3 rings (SSSR count). The van der Waals surface area contributed by atoms with Crippen LogP contribution in [0.2, 0.25) is 0 Å². The zero-order chi connectivity index (χ0) is 19.4. The normalized spacial score (nSPS) is 32.2. The van der Waals surface area contributed by atoms with Crippen molar-refractivity contribution in [2.24, 2.45) is 5.92 Å². The summed E-state index contributed by atoms with van der Waals surface area (Å²) < 4.78 is -0.783. The summed E-state index contributed by atoms with van der Waals surface area (Å²) in [5.74, 6) is -3.90. The van der Waals surface area contributed by atoms with Gasteiger partial charge in [0.2, 0.25) is 11.8 Å². The first-order chi connectivity index (χ1) is 12.1. The number of carboxylic acids is 1. The second kappa shape index (κ2) is 7.90. The molecule has 11 heteroatoms. The summed E-state index contributed by atoms with van der Waals surface area (Å²) >= 11 is 1.24. The predicted octanol–water partition coefficient (Wildman–Crippen LogP) is -5.48. The van der Waals surface area contributed by atoms with Gasteiger partial charge in [0.1, 0.15) is 18.1 Å². The number of hydrogen-bond acceptors (Lipinski definition) is 7. The van der Waals surface area contributed by atoms with Crippen LogP contribution in [0.15, 0.2) is 0 Å². The molecule has 3 aliphatic rings. The molecule has 27 heavy (non-hydrogen) atoms. The molecule has 0 aromatic rings. The Bertz CT molecular complexity index is 675. The fourth-order valence-corrected chi connectivity index (χ4v) is 5.82. The molecule has 3 heterocycles. The quantitative estimate of drug-likeness (QED) is 0.351. The Morgan fingerprint density at radius 2 is 2.00 bits per heavy atom. The van der Waals surface area contributed by atoms with Gasteiger partial charge in [-0.1, -0.05) is 0 Å². The molecule has 0 saturated carbocycles. The first-order valence-electron chi connectivity index (χ1n) is 8.52. The summed E-state index contributed by atoms with van der Waals surface area (Å²) in [6, 6.07) is -1.76. The van der Waals surface area contributed by atoms with Crippen molar-refractivity contribution >= 4 is 35.5 Å². The topological polar surface area (TPSA) is 130 Å². The minimum atomic E-state index is -1.60. The molecule has 144 valence electrons. The molecular weight excluding hydrogens is 385 g/mol. The van der Waals surface area contributed by atoms with Crippen molar-refractivity contribution < 1.29 is 58.9 Å². The van der Waals surface area contributed by atoms with Crippen molar-refractivity contribution in [1.82, 2.24) is 15.1 Å². The maximum absolute atomic E-state index is 12.7. The van der Waals surface area contributed by atoms with Crippen molar-refractivity contribution in [3.05, 3.63) is 0 Å². The van der Waals surface area contributed by atoms with Gasteiger partial charge < -0.3 is 30.1 Å². The maximum Gasteiger partial charge on any atom is 1.00 e. The van der Waals surface area contributed by atoms with Crippen LogP contribution >= 0.6 is 11.8 Å². The fourth-order valence-electron chi connectivity index (χ4n) is 4.11. The Morgan fingerprint density at radius 3 is 2.56 bits per heavy atom. The van der Waals surface area contributed by atoms with Gasteiger partial charge in [-0.05, 0) is 26.7 Å². The molecule has 3 aliphatic heterocycles. The molecule has 0 spiro atoms. The zero-order valence-electron chi connectivity index (χ0n) is 15.8. The van der Waals surface area contributed by atoms with Crippen molar-refractivity contribution in [2.75, 3.05) is 13.6 Å². The van der Waals surface area contributed by atoms with Crippen LogP contribution in [0.3, 0.4) is 0 Å². The average Bonchev–Trinajstić information content (AvgIpc) is 3.14. The largest absolute Gasteiger partial charge is 1.00 e. The number of aliphatic hydroxyl groups is 1. The van der Waals surface area contributed by atoms with Crippen molar-refractivity contribution in [1.29, 1.82) is 0 Å². The van der Waals surface area contributed by atoms with Crippen LogP contribution in [0.4, 0.5) is 0 Å². The monoisotopic (exact) mass is 407 g/mol. The smallest absolute Gasteiger partial charge is 0.548 e. The van der Waals surface area contributed by atoms with E-state index in [-0.39, 0.29) is 35.5 Å². The van der Waals surface area contributed by atoms with E-state index < -0.39 is 52.0 Å². The maximum atomic E-state index is 12.7. The minimum Gasteiger partial charge on any atom is -0.548 e. The van der Waals surface area contributed by atoms with E-state index in [4.69, 9.17) is 0 Å². The third kappa shape index (κ3) is 3.50. The Kier molecular flexibility index (Phi) is 6.58. The van der Waals surface area contributed by atoms with Crippen molar-refractivity contribution in [3.8, 4) is 0 Å². The number of β-lactam (4-membered cyclic amide) rings is 1. The van der Waals surface area contributed by atoms with Crippen molar-refractivity contribution in [2.45, 2.75) is 55.0 Å². The van der Waals surface area contributed by atoms with Gasteiger partial charge in [-0.2, -0.15) is 0 Å². The van der Waals surface area contributed by atoms with E-state index in [2.05, 4.69) is 5.32 Å². The van der Waals surface area contributed by atoms with Gasteiger partial charge in [-0.15, -0.1) is 11.8 Å². The number of hydrogen-bond donors (Lipinski definition) is 2. The molecule has 3 fully saturated rings. The molecule has 0 radical (unpaired) electrons. The first kappa shape index (κ1) is 22.5. The molecule has 0 unspecified atom stereocenters. The second-order valence-electron chi connectivity index (χ2n) is 7.35. The number of aliphatic hydroxyl groups excluding tert-OH is 1. The van der Waals surface area contributed by atoms with Crippen LogP contribution in [0, 0.1) is 5.92 Å². The minimum absolute atomic E-state index is 0. The van der Waals surface area contributed by atoms with E-state index in [1.54, 1.807) is 13.8 Å². The van der Waals surface area contributed by atoms with Gasteiger partial charge >= 0.3 is 29.6 Å². The summed E-state index contributed by atoms with van der Waals surface area (Å²) in [7, 11) is 1.48. The number of rotatable bonds is 4. The summed E-state index contributed by atoms with van der Waals surface area (Å²) in [6.45, 7) is 3.72. The summed E-state index contributed by atoms with van der Waals surface area (Å²) in [5, 5.41) is 23.9. The van der Waals surface area contributed by atoms with Crippen LogP contribution in [-0.2, 0) is 19.2 Å². The van der Waals surface area contributed by atoms with Crippen LogP contribution in [-0.4, -0.2) is 80.5 Å². The molecule has 2 N–H and O–H groups in total. The molecule has 0 aromatic carbocycles. The number of carbonyl (C=O) groups is 4.